The predicted molar refractivity (Wildman–Crippen MR) is 108 cm³/mol. The first-order valence-electron chi connectivity index (χ1n) is 8.84. The second kappa shape index (κ2) is 7.62. The molecule has 0 unspecified atom stereocenters. The van der Waals surface area contributed by atoms with E-state index in [1.807, 2.05) is 4.98 Å². The van der Waals surface area contributed by atoms with Crippen LogP contribution in [0.25, 0.3) is 0 Å². The highest BCUT2D eigenvalue weighted by atomic mass is 32.1. The highest BCUT2D eigenvalue weighted by Crippen LogP contribution is 2.45. The van der Waals surface area contributed by atoms with Crippen LogP contribution in [0.2, 0.25) is 0 Å². The molecule has 9 nitrogen and oxygen atoms in total. The van der Waals surface area contributed by atoms with Gasteiger partial charge in [0.25, 0.3) is 5.85 Å². The van der Waals surface area contributed by atoms with Crippen LogP contribution in [0.3, 0.4) is 0 Å². The molecule has 1 saturated heterocycles. The Labute approximate surface area is 172 Å². The summed E-state index contributed by atoms with van der Waals surface area (Å²) in [5.41, 5.74) is 2.45. The normalized spacial score (nSPS) is 31.0. The second-order valence-electron chi connectivity index (χ2n) is 8.00. The van der Waals surface area contributed by atoms with Gasteiger partial charge in [-0.1, -0.05) is 26.1 Å². The standard InChI is InChI=1S/C14H22B3F2N3O6S/c1-4(2)6(20)10(25)27-14(16,17)12(19)7(23)8(24)13(15,28-12)22-3-5(18)9(29)21-11(22)26/h3-4,6-8,23-24H,15-17,20H2,1-2H3,(H,21,26,29)/t6-,7-,8+,12-,13-/m0/s1. The zero-order chi connectivity index (χ0) is 22.5. The molecular weight excluding hydrogens is 409 g/mol. The maximum atomic E-state index is 15.9. The van der Waals surface area contributed by atoms with Crippen molar-refractivity contribution >= 4 is 41.7 Å². The summed E-state index contributed by atoms with van der Waals surface area (Å²) < 4.78 is 40.2. The van der Waals surface area contributed by atoms with Crippen molar-refractivity contribution < 1.29 is 33.3 Å². The number of carbonyl (C=O) groups excluding carboxylic acids is 1. The van der Waals surface area contributed by atoms with Crippen LogP contribution >= 0.6 is 12.2 Å². The van der Waals surface area contributed by atoms with E-state index < -0.39 is 57.2 Å². The first-order chi connectivity index (χ1) is 13.1. The van der Waals surface area contributed by atoms with Crippen molar-refractivity contribution in [2.24, 2.45) is 11.7 Å². The highest BCUT2D eigenvalue weighted by molar-refractivity contribution is 7.71. The fraction of sp³-hybridized carbons (Fsp3) is 0.643. The van der Waals surface area contributed by atoms with Crippen molar-refractivity contribution in [3.8, 4) is 0 Å². The van der Waals surface area contributed by atoms with E-state index >= 15 is 4.39 Å². The molecule has 0 amide bonds. The summed E-state index contributed by atoms with van der Waals surface area (Å²) >= 11 is 4.62. The number of hydrogen-bond acceptors (Lipinski definition) is 8. The van der Waals surface area contributed by atoms with Gasteiger partial charge in [-0.05, 0) is 5.92 Å². The van der Waals surface area contributed by atoms with Crippen LogP contribution < -0.4 is 11.4 Å². The van der Waals surface area contributed by atoms with Crippen LogP contribution in [0.5, 0.6) is 0 Å². The lowest BCUT2D eigenvalue weighted by Gasteiger charge is -2.40. The summed E-state index contributed by atoms with van der Waals surface area (Å²) in [7, 11) is 3.29. The number of ether oxygens (including phenoxy) is 2. The van der Waals surface area contributed by atoms with E-state index in [4.69, 9.17) is 15.2 Å². The minimum Gasteiger partial charge on any atom is -0.471 e. The number of hydrogen-bond donors (Lipinski definition) is 4. The van der Waals surface area contributed by atoms with Crippen molar-refractivity contribution in [2.45, 2.75) is 49.0 Å². The van der Waals surface area contributed by atoms with Gasteiger partial charge in [0.1, 0.15) is 33.9 Å². The van der Waals surface area contributed by atoms with Gasteiger partial charge in [0.05, 0.1) is 0 Å². The van der Waals surface area contributed by atoms with E-state index in [1.54, 1.807) is 13.8 Å². The summed E-state index contributed by atoms with van der Waals surface area (Å²) in [6.45, 7) is 3.32. The van der Waals surface area contributed by atoms with Gasteiger partial charge < -0.3 is 25.4 Å². The molecule has 0 aliphatic carbocycles. The fourth-order valence-corrected chi connectivity index (χ4v) is 3.17. The fourth-order valence-electron chi connectivity index (χ4n) is 3.03. The molecule has 5 atom stereocenters. The molecule has 5 N–H and O–H groups in total. The van der Waals surface area contributed by atoms with Gasteiger partial charge in [0.2, 0.25) is 0 Å². The Morgan fingerprint density at radius 3 is 2.55 bits per heavy atom. The SMILES string of the molecule is BC(B)(OC(=O)[C@@H](N)C(C)C)[C@@]1(F)O[C@@](B)(n2cc(F)c(=S)[nH]c2=O)[C@H](O)[C@@H]1O. The van der Waals surface area contributed by atoms with Gasteiger partial charge in [-0.25, -0.2) is 13.6 Å². The Hall–Kier alpha value is -1.54. The maximum Gasteiger partial charge on any atom is 0.328 e. The molecule has 29 heavy (non-hydrogen) atoms. The molecule has 0 aromatic carbocycles. The van der Waals surface area contributed by atoms with E-state index in [2.05, 4.69) is 12.2 Å². The Balaban J connectivity index is 2.48. The number of aromatic amines is 1. The topological polar surface area (TPSA) is 140 Å². The quantitative estimate of drug-likeness (QED) is 0.211. The lowest BCUT2D eigenvalue weighted by molar-refractivity contribution is -0.250. The Morgan fingerprint density at radius 1 is 1.48 bits per heavy atom. The van der Waals surface area contributed by atoms with Crippen LogP contribution in [0, 0.1) is 16.4 Å². The molecule has 0 saturated carbocycles. The van der Waals surface area contributed by atoms with Gasteiger partial charge in [-0.3, -0.25) is 14.3 Å². The molecule has 1 fully saturated rings. The van der Waals surface area contributed by atoms with Crippen LogP contribution in [-0.4, -0.2) is 78.8 Å². The molecule has 1 aromatic rings. The number of aliphatic hydroxyl groups excluding tert-OH is 2. The van der Waals surface area contributed by atoms with Gasteiger partial charge in [0, 0.05) is 6.20 Å². The van der Waals surface area contributed by atoms with Crippen molar-refractivity contribution in [1.29, 1.82) is 0 Å². The van der Waals surface area contributed by atoms with Crippen molar-refractivity contribution in [3.63, 3.8) is 0 Å². The summed E-state index contributed by atoms with van der Waals surface area (Å²) in [4.78, 5) is 26.5. The number of alkyl halides is 1. The third-order valence-electron chi connectivity index (χ3n) is 5.13. The number of H-pyrrole nitrogens is 1. The van der Waals surface area contributed by atoms with Crippen LogP contribution in [0.15, 0.2) is 11.0 Å². The largest absolute Gasteiger partial charge is 0.471 e. The van der Waals surface area contributed by atoms with Gasteiger partial charge in [-0.15, -0.1) is 0 Å². The zero-order valence-electron chi connectivity index (χ0n) is 16.6. The number of carbonyl (C=O) groups is 1. The molecule has 1 aliphatic heterocycles. The van der Waals surface area contributed by atoms with Crippen molar-refractivity contribution in [2.75, 3.05) is 0 Å². The molecule has 1 aliphatic rings. The third-order valence-corrected chi connectivity index (χ3v) is 5.42. The number of nitrogens with one attached hydrogen (secondary N) is 1. The molecule has 15 heteroatoms. The van der Waals surface area contributed by atoms with Gasteiger partial charge in [0.15, 0.2) is 29.4 Å². The van der Waals surface area contributed by atoms with E-state index in [9.17, 15) is 24.2 Å². The minimum atomic E-state index is -3.17. The smallest absolute Gasteiger partial charge is 0.328 e. The summed E-state index contributed by atoms with van der Waals surface area (Å²) in [5.74, 6) is -5.46. The Morgan fingerprint density at radius 2 is 2.03 bits per heavy atom. The molecular formula is C14H22B3F2N3O6S. The van der Waals surface area contributed by atoms with E-state index in [1.165, 1.54) is 0 Å². The van der Waals surface area contributed by atoms with Gasteiger partial charge in [-0.2, -0.15) is 0 Å². The molecule has 2 heterocycles. The molecule has 0 radical (unpaired) electrons. The molecule has 2 rings (SSSR count). The molecule has 1 aromatic heterocycles. The average Bonchev–Trinajstić information content (AvgIpc) is 2.79. The predicted octanol–water partition coefficient (Wildman–Crippen LogP) is -3.85. The zero-order valence-corrected chi connectivity index (χ0v) is 17.4. The van der Waals surface area contributed by atoms with Crippen LogP contribution in [0.1, 0.15) is 13.8 Å². The van der Waals surface area contributed by atoms with Gasteiger partial charge >= 0.3 is 11.7 Å². The monoisotopic (exact) mass is 431 g/mol. The lowest BCUT2D eigenvalue weighted by atomic mass is 9.59. The molecule has 0 bridgehead atoms. The van der Waals surface area contributed by atoms with Crippen molar-refractivity contribution in [3.05, 3.63) is 27.1 Å². The average molecular weight is 431 g/mol. The maximum absolute atomic E-state index is 15.9. The van der Waals surface area contributed by atoms with E-state index in [0.29, 0.717) is 10.8 Å². The number of nitrogens with two attached hydrogens (primary N) is 1. The number of esters is 1. The van der Waals surface area contributed by atoms with E-state index in [0.717, 1.165) is 23.5 Å². The Bertz CT molecular complexity index is 931. The number of halogens is 2. The summed E-state index contributed by atoms with van der Waals surface area (Å²) in [6.07, 6.45) is -3.68. The Kier molecular flexibility index (Phi) is 6.24. The molecule has 0 spiro atoms. The van der Waals surface area contributed by atoms with Crippen molar-refractivity contribution in [1.82, 2.24) is 9.55 Å². The number of rotatable bonds is 5. The van der Waals surface area contributed by atoms with E-state index in [-0.39, 0.29) is 5.92 Å². The third kappa shape index (κ3) is 3.81. The minimum absolute atomic E-state index is 0.312. The summed E-state index contributed by atoms with van der Waals surface area (Å²) in [5, 5.41) is 18.8. The highest BCUT2D eigenvalue weighted by Gasteiger charge is 2.69. The number of aliphatic hydroxyl groups is 2. The second-order valence-corrected chi connectivity index (χ2v) is 8.41. The number of nitrogens with zero attached hydrogens (tertiary/aromatic N) is 1. The van der Waals surface area contributed by atoms with Crippen LogP contribution in [0.4, 0.5) is 8.78 Å². The first-order valence-corrected chi connectivity index (χ1v) is 9.25. The first kappa shape index (κ1) is 23.7. The lowest BCUT2D eigenvalue weighted by Crippen LogP contribution is -2.62. The van der Waals surface area contributed by atoms with Crippen LogP contribution in [-0.2, 0) is 19.9 Å². The number of aromatic nitrogens is 2. The molecule has 158 valence electrons. The summed E-state index contributed by atoms with van der Waals surface area (Å²) in [6, 6.07) is -1.07.